The number of ether oxygens (including phenoxy) is 1. The van der Waals surface area contributed by atoms with Gasteiger partial charge in [0, 0.05) is 25.2 Å². The largest absolute Gasteiger partial charge is 0.489 e. The van der Waals surface area contributed by atoms with Crippen LogP contribution in [0.3, 0.4) is 0 Å². The van der Waals surface area contributed by atoms with Crippen molar-refractivity contribution in [2.75, 3.05) is 13.1 Å². The number of amides is 1. The molecule has 6 heteroatoms. The number of carbonyl (C=O) groups is 1. The van der Waals surface area contributed by atoms with Crippen molar-refractivity contribution in [1.82, 2.24) is 4.90 Å². The molecule has 1 aromatic carbocycles. The van der Waals surface area contributed by atoms with E-state index in [1.54, 1.807) is 4.90 Å². The zero-order chi connectivity index (χ0) is 19.7. The molecule has 2 atom stereocenters. The molecule has 27 heavy (non-hydrogen) atoms. The van der Waals surface area contributed by atoms with E-state index in [1.807, 2.05) is 39.8 Å². The third-order valence-electron chi connectivity index (χ3n) is 5.33. The van der Waals surface area contributed by atoms with Crippen molar-refractivity contribution in [3.63, 3.8) is 0 Å². The Bertz CT molecular complexity index is 816. The van der Waals surface area contributed by atoms with Gasteiger partial charge in [-0.1, -0.05) is 30.2 Å². The molecule has 0 saturated heterocycles. The number of aliphatic hydroxyl groups excluding tert-OH is 1. The fourth-order valence-corrected chi connectivity index (χ4v) is 3.88. The summed E-state index contributed by atoms with van der Waals surface area (Å²) in [5.74, 6) is 0.433. The average Bonchev–Trinajstić information content (AvgIpc) is 2.61. The predicted octanol–water partition coefficient (Wildman–Crippen LogP) is 4.02. The number of carbonyl (C=O) groups excluding carboxylic acids is 1. The second kappa shape index (κ2) is 8.03. The van der Waals surface area contributed by atoms with Crippen molar-refractivity contribution in [3.05, 3.63) is 39.4 Å². The molecule has 5 nitrogen and oxygen atoms in total. The Kier molecular flexibility index (Phi) is 5.92. The third kappa shape index (κ3) is 4.04. The number of fused-ring (bicyclic) bond motifs is 1. The highest BCUT2D eigenvalue weighted by Crippen LogP contribution is 2.35. The Morgan fingerprint density at radius 2 is 2.15 bits per heavy atom. The summed E-state index contributed by atoms with van der Waals surface area (Å²) in [6.07, 6.45) is 1.48. The van der Waals surface area contributed by atoms with Crippen LogP contribution in [0.25, 0.3) is 0 Å². The van der Waals surface area contributed by atoms with E-state index in [0.717, 1.165) is 41.7 Å². The number of hydrogen-bond acceptors (Lipinski definition) is 4. The van der Waals surface area contributed by atoms with Gasteiger partial charge < -0.3 is 14.7 Å². The SMILES string of the molecule is CCC(C)Oc1ccc2c(c1Cl)C(=O)N(CC1=C(C)CC(C)=NC1O)CC2. The Labute approximate surface area is 165 Å². The second-order valence-corrected chi connectivity index (χ2v) is 7.82. The van der Waals surface area contributed by atoms with Crippen molar-refractivity contribution in [2.24, 2.45) is 4.99 Å². The molecular weight excluding hydrogens is 364 g/mol. The van der Waals surface area contributed by atoms with Gasteiger partial charge in [0.15, 0.2) is 6.23 Å². The zero-order valence-corrected chi connectivity index (χ0v) is 17.1. The first-order valence-corrected chi connectivity index (χ1v) is 9.86. The number of dihydropyridines is 1. The molecule has 0 aromatic heterocycles. The molecule has 0 bridgehead atoms. The van der Waals surface area contributed by atoms with Crippen LogP contribution >= 0.6 is 11.6 Å². The molecule has 2 unspecified atom stereocenters. The normalized spacial score (nSPS) is 21.1. The maximum absolute atomic E-state index is 13.1. The number of aliphatic imine (C=N–C) groups is 1. The van der Waals surface area contributed by atoms with Crippen molar-refractivity contribution in [2.45, 2.75) is 59.3 Å². The molecule has 1 amide bonds. The van der Waals surface area contributed by atoms with Gasteiger partial charge in [-0.3, -0.25) is 9.79 Å². The van der Waals surface area contributed by atoms with Gasteiger partial charge in [-0.25, -0.2) is 0 Å². The number of aliphatic hydroxyl groups is 1. The van der Waals surface area contributed by atoms with Gasteiger partial charge in [0.05, 0.1) is 16.7 Å². The monoisotopic (exact) mass is 390 g/mol. The summed E-state index contributed by atoms with van der Waals surface area (Å²) < 4.78 is 5.87. The lowest BCUT2D eigenvalue weighted by Crippen LogP contribution is -2.41. The lowest BCUT2D eigenvalue weighted by molar-refractivity contribution is 0.0742. The van der Waals surface area contributed by atoms with Crippen molar-refractivity contribution >= 4 is 23.2 Å². The van der Waals surface area contributed by atoms with E-state index in [0.29, 0.717) is 29.4 Å². The van der Waals surface area contributed by atoms with Crippen molar-refractivity contribution in [1.29, 1.82) is 0 Å². The zero-order valence-electron chi connectivity index (χ0n) is 16.4. The number of benzene rings is 1. The van der Waals surface area contributed by atoms with Crippen molar-refractivity contribution in [3.8, 4) is 5.75 Å². The van der Waals surface area contributed by atoms with Gasteiger partial charge in [0.25, 0.3) is 5.91 Å². The molecule has 1 aromatic rings. The first-order valence-electron chi connectivity index (χ1n) is 9.49. The van der Waals surface area contributed by atoms with E-state index in [1.165, 1.54) is 0 Å². The summed E-state index contributed by atoms with van der Waals surface area (Å²) in [4.78, 5) is 19.1. The molecular formula is C21H27ClN2O3. The Hall–Kier alpha value is -1.85. The summed E-state index contributed by atoms with van der Waals surface area (Å²) in [5, 5.41) is 10.7. The van der Waals surface area contributed by atoms with Crippen LogP contribution in [-0.2, 0) is 6.42 Å². The maximum atomic E-state index is 13.1. The molecule has 2 heterocycles. The number of nitrogens with zero attached hydrogens (tertiary/aromatic N) is 2. The summed E-state index contributed by atoms with van der Waals surface area (Å²) in [5.41, 5.74) is 4.26. The molecule has 1 N–H and O–H groups in total. The van der Waals surface area contributed by atoms with Gasteiger partial charge in [0.1, 0.15) is 5.75 Å². The first kappa shape index (κ1) is 19.9. The first-order chi connectivity index (χ1) is 12.8. The molecule has 0 spiro atoms. The van der Waals surface area contributed by atoms with Crippen LogP contribution in [0.15, 0.2) is 28.3 Å². The van der Waals surface area contributed by atoms with Crippen LogP contribution in [-0.4, -0.2) is 47.0 Å². The molecule has 146 valence electrons. The molecule has 0 saturated carbocycles. The summed E-state index contributed by atoms with van der Waals surface area (Å²) in [6.45, 7) is 8.88. The molecule has 2 aliphatic heterocycles. The van der Waals surface area contributed by atoms with E-state index in [4.69, 9.17) is 16.3 Å². The van der Waals surface area contributed by atoms with E-state index in [2.05, 4.69) is 4.99 Å². The fourth-order valence-electron chi connectivity index (χ4n) is 3.57. The smallest absolute Gasteiger partial charge is 0.256 e. The average molecular weight is 391 g/mol. The minimum absolute atomic E-state index is 0.0293. The molecule has 3 rings (SSSR count). The molecule has 0 radical (unpaired) electrons. The highest BCUT2D eigenvalue weighted by atomic mass is 35.5. The van der Waals surface area contributed by atoms with E-state index >= 15 is 0 Å². The quantitative estimate of drug-likeness (QED) is 0.772. The van der Waals surface area contributed by atoms with Crippen LogP contribution < -0.4 is 4.74 Å². The standard InChI is InChI=1S/C21H27ClN2O3/c1-5-14(4)27-17-7-6-15-8-9-24(21(26)18(15)19(17)22)11-16-12(2)10-13(3)23-20(16)25/h6-7,14,20,25H,5,8-11H2,1-4H3. The maximum Gasteiger partial charge on any atom is 0.256 e. The molecule has 0 fully saturated rings. The number of allylic oxidation sites excluding steroid dienone is 1. The number of halogens is 1. The van der Waals surface area contributed by atoms with Crippen LogP contribution in [0.4, 0.5) is 0 Å². The van der Waals surface area contributed by atoms with Gasteiger partial charge in [-0.15, -0.1) is 0 Å². The Morgan fingerprint density at radius 3 is 2.81 bits per heavy atom. The van der Waals surface area contributed by atoms with Crippen LogP contribution in [0, 0.1) is 0 Å². The van der Waals surface area contributed by atoms with Gasteiger partial charge >= 0.3 is 0 Å². The second-order valence-electron chi connectivity index (χ2n) is 7.45. The van der Waals surface area contributed by atoms with Crippen LogP contribution in [0.1, 0.15) is 56.5 Å². The lowest BCUT2D eigenvalue weighted by Gasteiger charge is -2.32. The third-order valence-corrected chi connectivity index (χ3v) is 5.71. The fraction of sp³-hybridized carbons (Fsp3) is 0.524. The summed E-state index contributed by atoms with van der Waals surface area (Å²) in [7, 11) is 0. The number of hydrogen-bond donors (Lipinski definition) is 1. The van der Waals surface area contributed by atoms with Gasteiger partial charge in [0.2, 0.25) is 0 Å². The predicted molar refractivity (Wildman–Crippen MR) is 108 cm³/mol. The van der Waals surface area contributed by atoms with Crippen LogP contribution in [0.5, 0.6) is 5.75 Å². The van der Waals surface area contributed by atoms with Crippen molar-refractivity contribution < 1.29 is 14.6 Å². The Morgan fingerprint density at radius 1 is 1.41 bits per heavy atom. The Balaban J connectivity index is 1.85. The lowest BCUT2D eigenvalue weighted by atomic mass is 9.95. The highest BCUT2D eigenvalue weighted by Gasteiger charge is 2.31. The molecule has 2 aliphatic rings. The van der Waals surface area contributed by atoms with Gasteiger partial charge in [-0.2, -0.15) is 0 Å². The van der Waals surface area contributed by atoms with E-state index in [-0.39, 0.29) is 12.0 Å². The van der Waals surface area contributed by atoms with E-state index < -0.39 is 6.23 Å². The minimum atomic E-state index is -0.872. The summed E-state index contributed by atoms with van der Waals surface area (Å²) >= 11 is 6.55. The molecule has 0 aliphatic carbocycles. The van der Waals surface area contributed by atoms with Gasteiger partial charge in [-0.05, 0) is 50.8 Å². The number of rotatable bonds is 5. The van der Waals surface area contributed by atoms with Crippen LogP contribution in [0.2, 0.25) is 5.02 Å². The van der Waals surface area contributed by atoms with E-state index in [9.17, 15) is 9.90 Å². The highest BCUT2D eigenvalue weighted by molar-refractivity contribution is 6.35. The minimum Gasteiger partial charge on any atom is -0.489 e. The topological polar surface area (TPSA) is 62.1 Å². The summed E-state index contributed by atoms with van der Waals surface area (Å²) in [6, 6.07) is 3.78.